The number of aliphatic hydroxyl groups is 1. The van der Waals surface area contributed by atoms with E-state index in [1.807, 2.05) is 13.0 Å². The molecule has 1 unspecified atom stereocenters. The minimum atomic E-state index is -1.01. The van der Waals surface area contributed by atoms with Gasteiger partial charge in [-0.1, -0.05) is 17.7 Å². The number of aliphatic hydroxyl groups excluding tert-OH is 1. The van der Waals surface area contributed by atoms with Crippen molar-refractivity contribution in [3.05, 3.63) is 28.8 Å². The van der Waals surface area contributed by atoms with Gasteiger partial charge < -0.3 is 15.2 Å². The van der Waals surface area contributed by atoms with Crippen LogP contribution in [-0.4, -0.2) is 23.7 Å². The number of amides is 1. The maximum atomic E-state index is 11.2. The fourth-order valence-electron chi connectivity index (χ4n) is 1.26. The van der Waals surface area contributed by atoms with Gasteiger partial charge >= 0.3 is 0 Å². The topological polar surface area (TPSA) is 58.6 Å². The smallest absolute Gasteiger partial charge is 0.248 e. The van der Waals surface area contributed by atoms with Gasteiger partial charge in [0.05, 0.1) is 11.6 Å². The van der Waals surface area contributed by atoms with Crippen molar-refractivity contribution in [1.82, 2.24) is 5.32 Å². The summed E-state index contributed by atoms with van der Waals surface area (Å²) in [5, 5.41) is 12.1. The number of nitrogens with one attached hydrogen (secondary N) is 1. The first kappa shape index (κ1) is 13.8. The maximum absolute atomic E-state index is 11.2. The van der Waals surface area contributed by atoms with Crippen molar-refractivity contribution < 1.29 is 14.6 Å². The van der Waals surface area contributed by atoms with Crippen LogP contribution >= 0.6 is 11.6 Å². The molecule has 1 rings (SSSR count). The van der Waals surface area contributed by atoms with Gasteiger partial charge in [-0.15, -0.1) is 0 Å². The lowest BCUT2D eigenvalue weighted by molar-refractivity contribution is -0.128. The van der Waals surface area contributed by atoms with E-state index in [9.17, 15) is 4.79 Å². The Morgan fingerprint density at radius 1 is 1.59 bits per heavy atom. The Labute approximate surface area is 106 Å². The summed E-state index contributed by atoms with van der Waals surface area (Å²) in [5.74, 6) is 0.217. The molecule has 0 radical (unpaired) electrons. The van der Waals surface area contributed by atoms with Crippen molar-refractivity contribution in [1.29, 1.82) is 0 Å². The second kappa shape index (κ2) is 6.47. The highest BCUT2D eigenvalue weighted by Crippen LogP contribution is 2.25. The molecule has 0 bridgehead atoms. The molecule has 0 spiro atoms. The molecule has 1 atom stereocenters. The molecule has 17 heavy (non-hydrogen) atoms. The molecular weight excluding hydrogens is 242 g/mol. The molecular formula is C12H16ClNO3. The Hall–Kier alpha value is -1.26. The Balaban J connectivity index is 2.61. The first-order chi connectivity index (χ1) is 8.04. The number of benzene rings is 1. The van der Waals surface area contributed by atoms with Crippen molar-refractivity contribution >= 4 is 17.5 Å². The molecule has 5 heteroatoms. The Kier molecular flexibility index (Phi) is 5.25. The lowest BCUT2D eigenvalue weighted by Gasteiger charge is -2.09. The third-order valence-corrected chi connectivity index (χ3v) is 2.44. The minimum Gasteiger partial charge on any atom is -0.492 e. The van der Waals surface area contributed by atoms with Crippen LogP contribution in [0.15, 0.2) is 18.2 Å². The summed E-state index contributed by atoms with van der Waals surface area (Å²) in [6, 6.07) is 5.31. The Morgan fingerprint density at radius 2 is 2.29 bits per heavy atom. The normalized spacial score (nSPS) is 12.0. The highest BCUT2D eigenvalue weighted by atomic mass is 35.5. The molecule has 2 N–H and O–H groups in total. The quantitative estimate of drug-likeness (QED) is 0.845. The van der Waals surface area contributed by atoms with E-state index >= 15 is 0 Å². The number of ether oxygens (including phenoxy) is 1. The monoisotopic (exact) mass is 257 g/mol. The summed E-state index contributed by atoms with van der Waals surface area (Å²) in [6.45, 7) is 4.18. The van der Waals surface area contributed by atoms with Crippen LogP contribution in [0.1, 0.15) is 19.4 Å². The van der Waals surface area contributed by atoms with E-state index in [1.54, 1.807) is 12.1 Å². The van der Waals surface area contributed by atoms with Gasteiger partial charge in [0.2, 0.25) is 5.91 Å². The highest BCUT2D eigenvalue weighted by molar-refractivity contribution is 6.32. The van der Waals surface area contributed by atoms with Gasteiger partial charge in [0.1, 0.15) is 11.9 Å². The predicted molar refractivity (Wildman–Crippen MR) is 66.1 cm³/mol. The van der Waals surface area contributed by atoms with Crippen molar-refractivity contribution in [2.45, 2.75) is 26.5 Å². The maximum Gasteiger partial charge on any atom is 0.248 e. The van der Waals surface area contributed by atoms with Gasteiger partial charge in [0.15, 0.2) is 0 Å². The van der Waals surface area contributed by atoms with Gasteiger partial charge in [0, 0.05) is 6.54 Å². The molecule has 4 nitrogen and oxygen atoms in total. The molecule has 0 aliphatic carbocycles. The molecule has 94 valence electrons. The molecule has 1 aromatic rings. The van der Waals surface area contributed by atoms with Crippen molar-refractivity contribution in [2.24, 2.45) is 0 Å². The van der Waals surface area contributed by atoms with Crippen LogP contribution in [0.5, 0.6) is 5.75 Å². The van der Waals surface area contributed by atoms with E-state index < -0.39 is 12.0 Å². The summed E-state index contributed by atoms with van der Waals surface area (Å²) in [4.78, 5) is 11.2. The number of carbonyl (C=O) groups excluding carboxylic acids is 1. The summed E-state index contributed by atoms with van der Waals surface area (Å²) < 4.78 is 5.30. The highest BCUT2D eigenvalue weighted by Gasteiger charge is 2.08. The molecule has 1 aromatic carbocycles. The summed E-state index contributed by atoms with van der Waals surface area (Å²) in [5.41, 5.74) is 0.854. The zero-order chi connectivity index (χ0) is 12.8. The van der Waals surface area contributed by atoms with Crippen molar-refractivity contribution in [2.75, 3.05) is 6.61 Å². The second-order valence-electron chi connectivity index (χ2n) is 3.59. The second-order valence-corrected chi connectivity index (χ2v) is 4.00. The molecule has 0 heterocycles. The number of hydrogen-bond donors (Lipinski definition) is 2. The Bertz CT molecular complexity index is 393. The van der Waals surface area contributed by atoms with Gasteiger partial charge in [-0.2, -0.15) is 0 Å². The molecule has 0 saturated carbocycles. The standard InChI is InChI=1S/C12H16ClNO3/c1-3-17-11-5-4-9(6-10(11)13)7-14-12(16)8(2)15/h4-6,8,15H,3,7H2,1-2H3,(H,14,16). The fourth-order valence-corrected chi connectivity index (χ4v) is 1.52. The van der Waals surface area contributed by atoms with Crippen LogP contribution in [0.3, 0.4) is 0 Å². The molecule has 0 aromatic heterocycles. The van der Waals surface area contributed by atoms with Crippen LogP contribution < -0.4 is 10.1 Å². The fraction of sp³-hybridized carbons (Fsp3) is 0.417. The van der Waals surface area contributed by atoms with E-state index in [4.69, 9.17) is 21.4 Å². The third-order valence-electron chi connectivity index (χ3n) is 2.14. The molecule has 0 aliphatic rings. The number of carbonyl (C=O) groups is 1. The van der Waals surface area contributed by atoms with Crippen LogP contribution in [-0.2, 0) is 11.3 Å². The minimum absolute atomic E-state index is 0.329. The van der Waals surface area contributed by atoms with Gasteiger partial charge in [-0.25, -0.2) is 0 Å². The molecule has 1 amide bonds. The van der Waals surface area contributed by atoms with Gasteiger partial charge in [0.25, 0.3) is 0 Å². The van der Waals surface area contributed by atoms with Gasteiger partial charge in [-0.05, 0) is 31.5 Å². The SMILES string of the molecule is CCOc1ccc(CNC(=O)C(C)O)cc1Cl. The zero-order valence-electron chi connectivity index (χ0n) is 9.87. The van der Waals surface area contributed by atoms with Crippen molar-refractivity contribution in [3.63, 3.8) is 0 Å². The summed E-state index contributed by atoms with van der Waals surface area (Å²) in [7, 11) is 0. The van der Waals surface area contributed by atoms with Crippen LogP contribution in [0.2, 0.25) is 5.02 Å². The van der Waals surface area contributed by atoms with Crippen LogP contribution in [0.4, 0.5) is 0 Å². The van der Waals surface area contributed by atoms with E-state index in [2.05, 4.69) is 5.32 Å². The van der Waals surface area contributed by atoms with Gasteiger partial charge in [-0.3, -0.25) is 4.79 Å². The van der Waals surface area contributed by atoms with E-state index in [0.29, 0.717) is 23.9 Å². The summed E-state index contributed by atoms with van der Waals surface area (Å²) in [6.07, 6.45) is -1.01. The number of hydrogen-bond acceptors (Lipinski definition) is 3. The number of rotatable bonds is 5. The Morgan fingerprint density at radius 3 is 2.82 bits per heavy atom. The summed E-state index contributed by atoms with van der Waals surface area (Å²) >= 11 is 6.00. The lowest BCUT2D eigenvalue weighted by Crippen LogP contribution is -2.31. The van der Waals surface area contributed by atoms with E-state index in [-0.39, 0.29) is 0 Å². The van der Waals surface area contributed by atoms with E-state index in [0.717, 1.165) is 5.56 Å². The lowest BCUT2D eigenvalue weighted by atomic mass is 10.2. The molecule has 0 aliphatic heterocycles. The largest absolute Gasteiger partial charge is 0.492 e. The molecule has 0 fully saturated rings. The molecule has 0 saturated heterocycles. The third kappa shape index (κ3) is 4.24. The average molecular weight is 258 g/mol. The van der Waals surface area contributed by atoms with E-state index in [1.165, 1.54) is 6.92 Å². The van der Waals surface area contributed by atoms with Crippen LogP contribution in [0.25, 0.3) is 0 Å². The average Bonchev–Trinajstić information content (AvgIpc) is 2.29. The first-order valence-electron chi connectivity index (χ1n) is 5.41. The zero-order valence-corrected chi connectivity index (χ0v) is 10.6. The van der Waals surface area contributed by atoms with Crippen molar-refractivity contribution in [3.8, 4) is 5.75 Å². The first-order valence-corrected chi connectivity index (χ1v) is 5.79. The number of halogens is 1. The predicted octanol–water partition coefficient (Wildman–Crippen LogP) is 1.74. The van der Waals surface area contributed by atoms with Crippen LogP contribution in [0, 0.1) is 0 Å².